The quantitative estimate of drug-likeness (QED) is 0.791. The van der Waals surface area contributed by atoms with E-state index in [1.54, 1.807) is 4.90 Å². The van der Waals surface area contributed by atoms with Crippen molar-refractivity contribution in [1.82, 2.24) is 4.90 Å². The molecule has 1 N–H and O–H groups in total. The number of benzene rings is 1. The van der Waals surface area contributed by atoms with Crippen LogP contribution in [-0.2, 0) is 11.2 Å². The number of carbonyl (C=O) groups is 1. The SMILES string of the molecule is CCN(C)C(=O)C1Cc2ccccc2N1. The van der Waals surface area contributed by atoms with Crippen LogP contribution in [0.25, 0.3) is 0 Å². The third-order valence-corrected chi connectivity index (χ3v) is 2.92. The van der Waals surface area contributed by atoms with Crippen LogP contribution in [0, 0.1) is 0 Å². The van der Waals surface area contributed by atoms with Crippen molar-refractivity contribution in [2.24, 2.45) is 0 Å². The highest BCUT2D eigenvalue weighted by Crippen LogP contribution is 2.25. The fourth-order valence-electron chi connectivity index (χ4n) is 1.87. The number of hydrogen-bond acceptors (Lipinski definition) is 2. The molecule has 1 amide bonds. The smallest absolute Gasteiger partial charge is 0.245 e. The minimum atomic E-state index is -0.0765. The van der Waals surface area contributed by atoms with E-state index in [0.717, 1.165) is 18.7 Å². The summed E-state index contributed by atoms with van der Waals surface area (Å²) >= 11 is 0. The number of anilines is 1. The molecular weight excluding hydrogens is 188 g/mol. The summed E-state index contributed by atoms with van der Waals surface area (Å²) in [4.78, 5) is 13.7. The number of amides is 1. The Kier molecular flexibility index (Phi) is 2.62. The Hall–Kier alpha value is -1.51. The van der Waals surface area contributed by atoms with Gasteiger partial charge in [0.2, 0.25) is 5.91 Å². The minimum absolute atomic E-state index is 0.0765. The van der Waals surface area contributed by atoms with Gasteiger partial charge in [0.15, 0.2) is 0 Å². The van der Waals surface area contributed by atoms with Gasteiger partial charge in [-0.3, -0.25) is 4.79 Å². The van der Waals surface area contributed by atoms with Crippen molar-refractivity contribution in [3.05, 3.63) is 29.8 Å². The molecule has 1 aliphatic rings. The lowest BCUT2D eigenvalue weighted by Gasteiger charge is -2.19. The summed E-state index contributed by atoms with van der Waals surface area (Å²) in [6.45, 7) is 2.74. The summed E-state index contributed by atoms with van der Waals surface area (Å²) in [7, 11) is 1.84. The van der Waals surface area contributed by atoms with Crippen LogP contribution in [0.1, 0.15) is 12.5 Å². The topological polar surface area (TPSA) is 32.3 Å². The van der Waals surface area contributed by atoms with Crippen LogP contribution in [-0.4, -0.2) is 30.4 Å². The zero-order chi connectivity index (χ0) is 10.8. The molecule has 80 valence electrons. The molecule has 0 fully saturated rings. The molecule has 15 heavy (non-hydrogen) atoms. The maximum absolute atomic E-state index is 11.9. The van der Waals surface area contributed by atoms with Crippen LogP contribution >= 0.6 is 0 Å². The molecule has 0 bridgehead atoms. The van der Waals surface area contributed by atoms with Gasteiger partial charge in [-0.15, -0.1) is 0 Å². The fourth-order valence-corrected chi connectivity index (χ4v) is 1.87. The van der Waals surface area contributed by atoms with Crippen molar-refractivity contribution in [3.8, 4) is 0 Å². The third-order valence-electron chi connectivity index (χ3n) is 2.92. The van der Waals surface area contributed by atoms with E-state index in [0.29, 0.717) is 0 Å². The molecule has 0 radical (unpaired) electrons. The molecule has 3 heteroatoms. The number of hydrogen-bond donors (Lipinski definition) is 1. The van der Waals surface area contributed by atoms with Gasteiger partial charge >= 0.3 is 0 Å². The molecular formula is C12H16N2O. The van der Waals surface area contributed by atoms with Crippen molar-refractivity contribution in [3.63, 3.8) is 0 Å². The van der Waals surface area contributed by atoms with Crippen molar-refractivity contribution >= 4 is 11.6 Å². The number of carbonyl (C=O) groups excluding carboxylic acids is 1. The minimum Gasteiger partial charge on any atom is -0.373 e. The Balaban J connectivity index is 2.10. The van der Waals surface area contributed by atoms with Gasteiger partial charge in [0, 0.05) is 25.7 Å². The summed E-state index contributed by atoms with van der Waals surface area (Å²) < 4.78 is 0. The predicted octanol–water partition coefficient (Wildman–Crippen LogP) is 1.50. The van der Waals surface area contributed by atoms with E-state index in [4.69, 9.17) is 0 Å². The summed E-state index contributed by atoms with van der Waals surface area (Å²) in [6, 6.07) is 8.02. The van der Waals surface area contributed by atoms with Crippen molar-refractivity contribution in [2.45, 2.75) is 19.4 Å². The second-order valence-corrected chi connectivity index (χ2v) is 3.91. The van der Waals surface area contributed by atoms with Crippen LogP contribution in [0.15, 0.2) is 24.3 Å². The van der Waals surface area contributed by atoms with Crippen LogP contribution in [0.4, 0.5) is 5.69 Å². The van der Waals surface area contributed by atoms with E-state index < -0.39 is 0 Å². The number of nitrogens with one attached hydrogen (secondary N) is 1. The molecule has 0 saturated carbocycles. The molecule has 1 unspecified atom stereocenters. The van der Waals surface area contributed by atoms with Crippen LogP contribution in [0.5, 0.6) is 0 Å². The summed E-state index contributed by atoms with van der Waals surface area (Å²) in [5.41, 5.74) is 2.33. The van der Waals surface area contributed by atoms with Crippen molar-refractivity contribution in [2.75, 3.05) is 18.9 Å². The highest BCUT2D eigenvalue weighted by Gasteiger charge is 2.27. The van der Waals surface area contributed by atoms with E-state index in [9.17, 15) is 4.79 Å². The normalized spacial score (nSPS) is 18.1. The molecule has 0 aliphatic carbocycles. The van der Waals surface area contributed by atoms with Gasteiger partial charge in [0.1, 0.15) is 6.04 Å². The van der Waals surface area contributed by atoms with Gasteiger partial charge in [-0.2, -0.15) is 0 Å². The summed E-state index contributed by atoms with van der Waals surface area (Å²) in [6.07, 6.45) is 0.805. The Morgan fingerprint density at radius 3 is 2.93 bits per heavy atom. The second-order valence-electron chi connectivity index (χ2n) is 3.91. The van der Waals surface area contributed by atoms with E-state index in [2.05, 4.69) is 11.4 Å². The lowest BCUT2D eigenvalue weighted by atomic mass is 10.1. The Morgan fingerprint density at radius 2 is 2.27 bits per heavy atom. The fraction of sp³-hybridized carbons (Fsp3) is 0.417. The molecule has 1 aliphatic heterocycles. The molecule has 0 saturated heterocycles. The lowest BCUT2D eigenvalue weighted by Crippen LogP contribution is -2.39. The van der Waals surface area contributed by atoms with Gasteiger partial charge in [0.25, 0.3) is 0 Å². The standard InChI is InChI=1S/C12H16N2O/c1-3-14(2)12(15)11-8-9-6-4-5-7-10(9)13-11/h4-7,11,13H,3,8H2,1-2H3. The average Bonchev–Trinajstić information content (AvgIpc) is 2.70. The summed E-state index contributed by atoms with van der Waals surface area (Å²) in [5, 5.41) is 3.26. The molecule has 1 aromatic carbocycles. The molecule has 0 spiro atoms. The molecule has 1 heterocycles. The lowest BCUT2D eigenvalue weighted by molar-refractivity contribution is -0.130. The zero-order valence-electron chi connectivity index (χ0n) is 9.16. The largest absolute Gasteiger partial charge is 0.373 e. The molecule has 0 aromatic heterocycles. The number of likely N-dealkylation sites (N-methyl/N-ethyl adjacent to an activating group) is 1. The van der Waals surface area contributed by atoms with Crippen molar-refractivity contribution < 1.29 is 4.79 Å². The van der Waals surface area contributed by atoms with E-state index in [-0.39, 0.29) is 11.9 Å². The number of fused-ring (bicyclic) bond motifs is 1. The first-order valence-electron chi connectivity index (χ1n) is 5.31. The highest BCUT2D eigenvalue weighted by atomic mass is 16.2. The zero-order valence-corrected chi connectivity index (χ0v) is 9.16. The second kappa shape index (κ2) is 3.93. The Bertz CT molecular complexity index is 351. The van der Waals surface area contributed by atoms with E-state index in [1.807, 2.05) is 32.2 Å². The van der Waals surface area contributed by atoms with Crippen LogP contribution in [0.3, 0.4) is 0 Å². The van der Waals surface area contributed by atoms with Gasteiger partial charge < -0.3 is 10.2 Å². The molecule has 1 aromatic rings. The van der Waals surface area contributed by atoms with Gasteiger partial charge in [-0.25, -0.2) is 0 Å². The number of nitrogens with zero attached hydrogens (tertiary/aromatic N) is 1. The van der Waals surface area contributed by atoms with Gasteiger partial charge in [0.05, 0.1) is 0 Å². The van der Waals surface area contributed by atoms with E-state index in [1.165, 1.54) is 5.56 Å². The Morgan fingerprint density at radius 1 is 1.53 bits per heavy atom. The first-order chi connectivity index (χ1) is 7.22. The van der Waals surface area contributed by atoms with Crippen LogP contribution in [0.2, 0.25) is 0 Å². The first-order valence-corrected chi connectivity index (χ1v) is 5.31. The molecule has 3 nitrogen and oxygen atoms in total. The van der Waals surface area contributed by atoms with Crippen molar-refractivity contribution in [1.29, 1.82) is 0 Å². The first kappa shape index (κ1) is 10.0. The average molecular weight is 204 g/mol. The number of para-hydroxylation sites is 1. The molecule has 1 atom stereocenters. The maximum atomic E-state index is 11.9. The highest BCUT2D eigenvalue weighted by molar-refractivity contribution is 5.87. The maximum Gasteiger partial charge on any atom is 0.245 e. The Labute approximate surface area is 90.1 Å². The van der Waals surface area contributed by atoms with Gasteiger partial charge in [-0.05, 0) is 18.6 Å². The third kappa shape index (κ3) is 1.82. The monoisotopic (exact) mass is 204 g/mol. The number of rotatable bonds is 2. The van der Waals surface area contributed by atoms with Gasteiger partial charge in [-0.1, -0.05) is 18.2 Å². The van der Waals surface area contributed by atoms with Crippen LogP contribution < -0.4 is 5.32 Å². The molecule has 2 rings (SSSR count). The van der Waals surface area contributed by atoms with E-state index >= 15 is 0 Å². The predicted molar refractivity (Wildman–Crippen MR) is 60.9 cm³/mol. The summed E-state index contributed by atoms with van der Waals surface area (Å²) in [5.74, 6) is 0.175.